The first-order valence-corrected chi connectivity index (χ1v) is 7.49. The fourth-order valence-corrected chi connectivity index (χ4v) is 2.76. The lowest BCUT2D eigenvalue weighted by molar-refractivity contribution is 0.0194. The molecule has 0 radical (unpaired) electrons. The number of carbonyl (C=O) groups is 1. The number of hydrogen-bond donors (Lipinski definition) is 4. The van der Waals surface area contributed by atoms with Gasteiger partial charge in [-0.1, -0.05) is 29.3 Å². The molecule has 0 aliphatic carbocycles. The Morgan fingerprint density at radius 1 is 1.29 bits per heavy atom. The van der Waals surface area contributed by atoms with E-state index in [2.05, 4.69) is 34.1 Å². The zero-order valence-electron chi connectivity index (χ0n) is 12.8. The highest BCUT2D eigenvalue weighted by atomic mass is 16.3. The topological polar surface area (TPSA) is 73.4 Å². The van der Waals surface area contributed by atoms with Gasteiger partial charge in [0, 0.05) is 19.6 Å². The van der Waals surface area contributed by atoms with Crippen LogP contribution in [0.25, 0.3) is 0 Å². The van der Waals surface area contributed by atoms with Crippen LogP contribution >= 0.6 is 0 Å². The summed E-state index contributed by atoms with van der Waals surface area (Å²) in [5.74, 6) is 0. The molecule has 1 saturated heterocycles. The monoisotopic (exact) mass is 291 g/mol. The highest BCUT2D eigenvalue weighted by molar-refractivity contribution is 5.73. The predicted molar refractivity (Wildman–Crippen MR) is 83.2 cm³/mol. The van der Waals surface area contributed by atoms with Crippen LogP contribution in [0.4, 0.5) is 4.79 Å². The van der Waals surface area contributed by atoms with Gasteiger partial charge in [0.05, 0.1) is 5.60 Å². The van der Waals surface area contributed by atoms with Crippen LogP contribution in [0, 0.1) is 13.8 Å². The number of piperidine rings is 1. The number of benzene rings is 1. The third-order valence-electron chi connectivity index (χ3n) is 3.76. The lowest BCUT2D eigenvalue weighted by Crippen LogP contribution is -2.54. The lowest BCUT2D eigenvalue weighted by atomic mass is 9.94. The highest BCUT2D eigenvalue weighted by Gasteiger charge is 2.29. The van der Waals surface area contributed by atoms with Gasteiger partial charge in [-0.25, -0.2) is 4.79 Å². The Morgan fingerprint density at radius 2 is 2.00 bits per heavy atom. The molecule has 21 heavy (non-hydrogen) atoms. The molecule has 0 unspecified atom stereocenters. The van der Waals surface area contributed by atoms with Gasteiger partial charge in [0.25, 0.3) is 0 Å². The van der Waals surface area contributed by atoms with Gasteiger partial charge in [-0.2, -0.15) is 0 Å². The number of carbonyl (C=O) groups excluding carboxylic acids is 1. The van der Waals surface area contributed by atoms with E-state index in [0.717, 1.165) is 24.9 Å². The molecule has 4 N–H and O–H groups in total. The summed E-state index contributed by atoms with van der Waals surface area (Å²) >= 11 is 0. The number of aryl methyl sites for hydroxylation is 2. The summed E-state index contributed by atoms with van der Waals surface area (Å²) in [6, 6.07) is 5.99. The van der Waals surface area contributed by atoms with Crippen LogP contribution in [0.5, 0.6) is 0 Å². The van der Waals surface area contributed by atoms with Crippen molar-refractivity contribution in [1.29, 1.82) is 0 Å². The third-order valence-corrected chi connectivity index (χ3v) is 3.76. The molecule has 5 nitrogen and oxygen atoms in total. The van der Waals surface area contributed by atoms with E-state index >= 15 is 0 Å². The molecule has 0 bridgehead atoms. The van der Waals surface area contributed by atoms with E-state index < -0.39 is 5.60 Å². The summed E-state index contributed by atoms with van der Waals surface area (Å²) in [6.45, 7) is 6.32. The minimum Gasteiger partial charge on any atom is -0.387 e. The second kappa shape index (κ2) is 6.91. The number of nitrogens with one attached hydrogen (secondary N) is 3. The number of β-amino-alcohol motifs (C(OH)–C–C–N with tert-alkyl or cyclic N) is 1. The van der Waals surface area contributed by atoms with Crippen molar-refractivity contribution in [2.45, 2.75) is 38.8 Å². The Labute approximate surface area is 126 Å². The van der Waals surface area contributed by atoms with Crippen molar-refractivity contribution in [2.24, 2.45) is 0 Å². The van der Waals surface area contributed by atoms with Gasteiger partial charge >= 0.3 is 6.03 Å². The SMILES string of the molecule is Cc1cc(C)cc(CNC(=O)NC[C@@]2(O)CCCNC2)c1. The normalized spacial score (nSPS) is 21.9. The van der Waals surface area contributed by atoms with Crippen LogP contribution in [0.1, 0.15) is 29.5 Å². The van der Waals surface area contributed by atoms with Crippen LogP contribution in [0.3, 0.4) is 0 Å². The molecule has 1 atom stereocenters. The second-order valence-corrected chi connectivity index (χ2v) is 6.04. The van der Waals surface area contributed by atoms with Gasteiger partial charge in [0.1, 0.15) is 0 Å². The van der Waals surface area contributed by atoms with E-state index in [1.807, 2.05) is 13.8 Å². The van der Waals surface area contributed by atoms with Crippen molar-refractivity contribution >= 4 is 6.03 Å². The van der Waals surface area contributed by atoms with Crippen LogP contribution in [0.2, 0.25) is 0 Å². The van der Waals surface area contributed by atoms with E-state index in [-0.39, 0.29) is 12.6 Å². The van der Waals surface area contributed by atoms with Crippen LogP contribution in [-0.4, -0.2) is 36.4 Å². The molecule has 2 amide bonds. The Morgan fingerprint density at radius 3 is 2.62 bits per heavy atom. The van der Waals surface area contributed by atoms with Gasteiger partial charge in [-0.15, -0.1) is 0 Å². The van der Waals surface area contributed by atoms with Crippen LogP contribution in [-0.2, 0) is 6.54 Å². The van der Waals surface area contributed by atoms with Gasteiger partial charge in [0.2, 0.25) is 0 Å². The van der Waals surface area contributed by atoms with Gasteiger partial charge < -0.3 is 21.1 Å². The van der Waals surface area contributed by atoms with E-state index in [9.17, 15) is 9.90 Å². The largest absolute Gasteiger partial charge is 0.387 e. The molecular formula is C16H25N3O2. The fourth-order valence-electron chi connectivity index (χ4n) is 2.76. The minimum atomic E-state index is -0.824. The summed E-state index contributed by atoms with van der Waals surface area (Å²) in [4.78, 5) is 11.8. The molecule has 1 aliphatic rings. The van der Waals surface area contributed by atoms with Crippen molar-refractivity contribution in [3.63, 3.8) is 0 Å². The van der Waals surface area contributed by atoms with E-state index in [1.165, 1.54) is 11.1 Å². The molecule has 1 aliphatic heterocycles. The van der Waals surface area contributed by atoms with Crippen molar-refractivity contribution in [3.8, 4) is 0 Å². The summed E-state index contributed by atoms with van der Waals surface area (Å²) in [5, 5.41) is 19.0. The standard InChI is InChI=1S/C16H25N3O2/c1-12-6-13(2)8-14(7-12)9-18-15(20)19-11-16(21)4-3-5-17-10-16/h6-8,17,21H,3-5,9-11H2,1-2H3,(H2,18,19,20)/t16-/m1/s1. The maximum Gasteiger partial charge on any atom is 0.315 e. The Kier molecular flexibility index (Phi) is 5.20. The van der Waals surface area contributed by atoms with Crippen LogP contribution < -0.4 is 16.0 Å². The quantitative estimate of drug-likeness (QED) is 0.674. The maximum atomic E-state index is 11.8. The predicted octanol–water partition coefficient (Wildman–Crippen LogP) is 1.22. The number of hydrogen-bond acceptors (Lipinski definition) is 3. The lowest BCUT2D eigenvalue weighted by Gasteiger charge is -2.32. The summed E-state index contributed by atoms with van der Waals surface area (Å²) in [6.07, 6.45) is 1.65. The van der Waals surface area contributed by atoms with E-state index in [4.69, 9.17) is 0 Å². The average molecular weight is 291 g/mol. The Bertz CT molecular complexity index is 476. The molecule has 0 spiro atoms. The zero-order chi connectivity index (χ0) is 15.3. The van der Waals surface area contributed by atoms with Crippen molar-refractivity contribution in [2.75, 3.05) is 19.6 Å². The third kappa shape index (κ3) is 5.02. The first kappa shape index (κ1) is 15.8. The van der Waals surface area contributed by atoms with Crippen molar-refractivity contribution in [1.82, 2.24) is 16.0 Å². The van der Waals surface area contributed by atoms with E-state index in [1.54, 1.807) is 0 Å². The number of urea groups is 1. The van der Waals surface area contributed by atoms with E-state index in [0.29, 0.717) is 13.1 Å². The number of amides is 2. The Balaban J connectivity index is 1.76. The second-order valence-electron chi connectivity index (χ2n) is 6.04. The maximum absolute atomic E-state index is 11.8. The molecule has 116 valence electrons. The average Bonchev–Trinajstić information content (AvgIpc) is 2.43. The minimum absolute atomic E-state index is 0.242. The van der Waals surface area contributed by atoms with Crippen molar-refractivity contribution in [3.05, 3.63) is 34.9 Å². The van der Waals surface area contributed by atoms with Gasteiger partial charge in [-0.3, -0.25) is 0 Å². The Hall–Kier alpha value is -1.59. The molecule has 5 heteroatoms. The summed E-state index contributed by atoms with van der Waals surface area (Å²) in [7, 11) is 0. The molecule has 1 heterocycles. The number of rotatable bonds is 4. The molecular weight excluding hydrogens is 266 g/mol. The molecule has 1 aromatic rings. The molecule has 2 rings (SSSR count). The summed E-state index contributed by atoms with van der Waals surface area (Å²) < 4.78 is 0. The van der Waals surface area contributed by atoms with Gasteiger partial charge in [-0.05, 0) is 38.8 Å². The van der Waals surface area contributed by atoms with Gasteiger partial charge in [0.15, 0.2) is 0 Å². The highest BCUT2D eigenvalue weighted by Crippen LogP contribution is 2.14. The van der Waals surface area contributed by atoms with Crippen LogP contribution in [0.15, 0.2) is 18.2 Å². The first-order valence-electron chi connectivity index (χ1n) is 7.49. The molecule has 0 saturated carbocycles. The zero-order valence-corrected chi connectivity index (χ0v) is 12.8. The number of aliphatic hydroxyl groups is 1. The molecule has 0 aromatic heterocycles. The molecule has 1 aromatic carbocycles. The first-order chi connectivity index (χ1) is 9.97. The fraction of sp³-hybridized carbons (Fsp3) is 0.562. The molecule has 1 fully saturated rings. The summed E-state index contributed by atoms with van der Waals surface area (Å²) in [5.41, 5.74) is 2.64. The smallest absolute Gasteiger partial charge is 0.315 e. The van der Waals surface area contributed by atoms with Crippen molar-refractivity contribution < 1.29 is 9.90 Å².